The third-order valence-corrected chi connectivity index (χ3v) is 2.86. The van der Waals surface area contributed by atoms with E-state index in [-0.39, 0.29) is 5.75 Å². The number of unbranched alkanes of at least 4 members (excludes halogenated alkanes) is 1. The van der Waals surface area contributed by atoms with Gasteiger partial charge in [-0.2, -0.15) is 0 Å². The Bertz CT molecular complexity index is 229. The number of nitrogens with one attached hydrogen (secondary N) is 1. The highest BCUT2D eigenvalue weighted by molar-refractivity contribution is 7.89. The Kier molecular flexibility index (Phi) is 7.54. The first-order chi connectivity index (χ1) is 6.48. The average molecular weight is 244 g/mol. The molecule has 1 N–H and O–H groups in total. The fraction of sp³-hybridized carbons (Fsp3) is 1.00. The number of sulfonamides is 1. The van der Waals surface area contributed by atoms with Crippen molar-refractivity contribution in [2.45, 2.75) is 26.7 Å². The van der Waals surface area contributed by atoms with Gasteiger partial charge in [0.1, 0.15) is 0 Å². The molecule has 4 nitrogen and oxygen atoms in total. The van der Waals surface area contributed by atoms with E-state index >= 15 is 0 Å². The van der Waals surface area contributed by atoms with Crippen LogP contribution in [0.1, 0.15) is 26.7 Å². The van der Waals surface area contributed by atoms with E-state index in [0.717, 1.165) is 0 Å². The summed E-state index contributed by atoms with van der Waals surface area (Å²) in [5, 5.41) is 0. The van der Waals surface area contributed by atoms with Gasteiger partial charge in [0.25, 0.3) is 0 Å². The second-order valence-electron chi connectivity index (χ2n) is 3.50. The molecule has 6 heteroatoms. The molecular weight excluding hydrogens is 226 g/mol. The van der Waals surface area contributed by atoms with E-state index in [9.17, 15) is 8.42 Å². The SMILES string of the molecule is CC(C)CONS(=O)(=O)CCCCCl. The van der Waals surface area contributed by atoms with Crippen LogP contribution in [-0.4, -0.2) is 26.7 Å². The predicted octanol–water partition coefficient (Wildman–Crippen LogP) is 1.51. The number of alkyl halides is 1. The fourth-order valence-corrected chi connectivity index (χ4v) is 1.82. The molecule has 0 aromatic heterocycles. The van der Waals surface area contributed by atoms with Crippen LogP contribution in [0.4, 0.5) is 0 Å². The molecule has 0 aromatic carbocycles. The number of halogens is 1. The quantitative estimate of drug-likeness (QED) is 0.400. The second-order valence-corrected chi connectivity index (χ2v) is 5.69. The number of hydrogen-bond donors (Lipinski definition) is 1. The fourth-order valence-electron chi connectivity index (χ4n) is 0.719. The Morgan fingerprint density at radius 1 is 1.36 bits per heavy atom. The highest BCUT2D eigenvalue weighted by Gasteiger charge is 2.09. The lowest BCUT2D eigenvalue weighted by atomic mass is 10.2. The molecule has 0 aromatic rings. The molecule has 0 saturated carbocycles. The summed E-state index contributed by atoms with van der Waals surface area (Å²) < 4.78 is 22.4. The van der Waals surface area contributed by atoms with E-state index in [4.69, 9.17) is 16.4 Å². The first kappa shape index (κ1) is 14.2. The van der Waals surface area contributed by atoms with Crippen molar-refractivity contribution in [1.29, 1.82) is 0 Å². The molecule has 86 valence electrons. The summed E-state index contributed by atoms with van der Waals surface area (Å²) in [5.41, 5.74) is 0. The maximum atomic E-state index is 11.2. The summed E-state index contributed by atoms with van der Waals surface area (Å²) in [5.74, 6) is 0.862. The van der Waals surface area contributed by atoms with Gasteiger partial charge in [-0.1, -0.05) is 18.7 Å². The Balaban J connectivity index is 3.62. The third kappa shape index (κ3) is 8.74. The predicted molar refractivity (Wildman–Crippen MR) is 57.7 cm³/mol. The van der Waals surface area contributed by atoms with Crippen LogP contribution in [0.15, 0.2) is 0 Å². The highest BCUT2D eigenvalue weighted by atomic mass is 35.5. The summed E-state index contributed by atoms with van der Waals surface area (Å²) in [4.78, 5) is 6.90. The molecule has 14 heavy (non-hydrogen) atoms. The van der Waals surface area contributed by atoms with Crippen LogP contribution < -0.4 is 4.89 Å². The molecule has 0 radical (unpaired) electrons. The van der Waals surface area contributed by atoms with Crippen LogP contribution in [0.25, 0.3) is 0 Å². The van der Waals surface area contributed by atoms with Gasteiger partial charge in [-0.25, -0.2) is 8.42 Å². The molecule has 0 bridgehead atoms. The van der Waals surface area contributed by atoms with Crippen molar-refractivity contribution in [3.05, 3.63) is 0 Å². The largest absolute Gasteiger partial charge is 0.287 e. The van der Waals surface area contributed by atoms with E-state index in [1.807, 2.05) is 13.8 Å². The van der Waals surface area contributed by atoms with Crippen LogP contribution in [0.5, 0.6) is 0 Å². The molecular formula is C8H18ClNO3S. The van der Waals surface area contributed by atoms with Crippen molar-refractivity contribution in [2.75, 3.05) is 18.2 Å². The van der Waals surface area contributed by atoms with Gasteiger partial charge in [0, 0.05) is 5.88 Å². The van der Waals surface area contributed by atoms with Gasteiger partial charge in [-0.3, -0.25) is 4.84 Å². The summed E-state index contributed by atoms with van der Waals surface area (Å²) in [6.07, 6.45) is 1.26. The lowest BCUT2D eigenvalue weighted by Gasteiger charge is -2.08. The molecule has 0 atom stereocenters. The minimum Gasteiger partial charge on any atom is -0.287 e. The molecule has 0 unspecified atom stereocenters. The Labute approximate surface area is 91.0 Å². The van der Waals surface area contributed by atoms with Crippen LogP contribution >= 0.6 is 11.6 Å². The Morgan fingerprint density at radius 2 is 2.00 bits per heavy atom. The first-order valence-electron chi connectivity index (χ1n) is 4.65. The van der Waals surface area contributed by atoms with Gasteiger partial charge in [0.05, 0.1) is 12.4 Å². The van der Waals surface area contributed by atoms with Crippen molar-refractivity contribution >= 4 is 21.6 Å². The second kappa shape index (κ2) is 7.45. The summed E-state index contributed by atoms with van der Waals surface area (Å²) in [7, 11) is -3.28. The van der Waals surface area contributed by atoms with E-state index in [1.54, 1.807) is 0 Å². The van der Waals surface area contributed by atoms with E-state index in [2.05, 4.69) is 4.89 Å². The Morgan fingerprint density at radius 3 is 2.50 bits per heavy atom. The van der Waals surface area contributed by atoms with Crippen LogP contribution in [0.3, 0.4) is 0 Å². The van der Waals surface area contributed by atoms with Crippen molar-refractivity contribution in [3.63, 3.8) is 0 Å². The summed E-state index contributed by atoms with van der Waals surface area (Å²) in [6.45, 7) is 4.28. The van der Waals surface area contributed by atoms with Crippen LogP contribution in [0, 0.1) is 5.92 Å². The Hall–Kier alpha value is 0.160. The zero-order valence-corrected chi connectivity index (χ0v) is 10.2. The lowest BCUT2D eigenvalue weighted by molar-refractivity contribution is 0.0719. The van der Waals surface area contributed by atoms with Crippen molar-refractivity contribution in [2.24, 2.45) is 5.92 Å². The van der Waals surface area contributed by atoms with Gasteiger partial charge < -0.3 is 0 Å². The van der Waals surface area contributed by atoms with Crippen LogP contribution in [0.2, 0.25) is 0 Å². The minimum atomic E-state index is -3.28. The zero-order valence-electron chi connectivity index (χ0n) is 8.62. The molecule has 0 fully saturated rings. The zero-order chi connectivity index (χ0) is 11.0. The molecule has 0 saturated heterocycles. The molecule has 0 aliphatic carbocycles. The molecule has 0 amide bonds. The van der Waals surface area contributed by atoms with Gasteiger partial charge in [0.15, 0.2) is 0 Å². The van der Waals surface area contributed by atoms with Gasteiger partial charge in [-0.05, 0) is 18.8 Å². The standard InChI is InChI=1S/C8H18ClNO3S/c1-8(2)7-13-10-14(11,12)6-4-3-5-9/h8,10H,3-7H2,1-2H3. The van der Waals surface area contributed by atoms with E-state index in [1.165, 1.54) is 0 Å². The van der Waals surface area contributed by atoms with E-state index in [0.29, 0.717) is 31.2 Å². The first-order valence-corrected chi connectivity index (χ1v) is 6.84. The topological polar surface area (TPSA) is 55.4 Å². The summed E-state index contributed by atoms with van der Waals surface area (Å²) >= 11 is 5.43. The van der Waals surface area contributed by atoms with Gasteiger partial charge >= 0.3 is 0 Å². The number of hydrogen-bond acceptors (Lipinski definition) is 3. The normalized spacial score (nSPS) is 12.3. The van der Waals surface area contributed by atoms with Crippen molar-refractivity contribution < 1.29 is 13.3 Å². The smallest absolute Gasteiger partial charge is 0.233 e. The highest BCUT2D eigenvalue weighted by Crippen LogP contribution is 1.97. The maximum Gasteiger partial charge on any atom is 0.233 e. The minimum absolute atomic E-state index is 0.0673. The van der Waals surface area contributed by atoms with Crippen LogP contribution in [-0.2, 0) is 14.9 Å². The van der Waals surface area contributed by atoms with Crippen molar-refractivity contribution in [1.82, 2.24) is 4.89 Å². The monoisotopic (exact) mass is 243 g/mol. The van der Waals surface area contributed by atoms with Gasteiger partial charge in [-0.15, -0.1) is 11.6 Å². The average Bonchev–Trinajstić information content (AvgIpc) is 2.03. The molecule has 0 heterocycles. The lowest BCUT2D eigenvalue weighted by Crippen LogP contribution is -2.28. The van der Waals surface area contributed by atoms with Gasteiger partial charge in [0.2, 0.25) is 10.0 Å². The molecule has 0 aliphatic heterocycles. The molecule has 0 rings (SSSR count). The molecule has 0 spiro atoms. The van der Waals surface area contributed by atoms with E-state index < -0.39 is 10.0 Å². The maximum absolute atomic E-state index is 11.2. The molecule has 0 aliphatic rings. The number of rotatable bonds is 8. The third-order valence-electron chi connectivity index (χ3n) is 1.40. The van der Waals surface area contributed by atoms with Crippen molar-refractivity contribution in [3.8, 4) is 0 Å². The summed E-state index contributed by atoms with van der Waals surface area (Å²) in [6, 6.07) is 0.